The van der Waals surface area contributed by atoms with Gasteiger partial charge < -0.3 is 58.5 Å². The average molecular weight is 1630 g/mol. The molecule has 0 unspecified atom stereocenters. The van der Waals surface area contributed by atoms with Crippen LogP contribution in [-0.2, 0) is 9.47 Å². The van der Waals surface area contributed by atoms with Crippen molar-refractivity contribution in [2.75, 3.05) is 93.6 Å². The standard InChI is InChI=1S/C12H12N4O3S.C12H14N4OS.C9H9N3O2S.C8H4BrN3O2S.C8H6N4O2S.C7H5NO3.C2H6N2S.C2H3N.C2H6O.H2O/c17-16(18)10-4-2-1-3-9(10)11-13-14-12(20-11)15-5-7-19-8-6-15;13-10-4-2-1-3-9(10)11-14-15-12(18-11)16-5-7-17-8-6-16;10-9(15)6-11-5-7-3-1-2-4-8(7)12(13)14;2*9-8-11-10-7(15-8)5-3-1-2-4-6(5)12(13)14;9-5-6-3-1-2-4-7(6)8(10)11;3-1-2(4)5;2*1-2-3;/h1-4H,5-8H2;1-4H,5-8,13H2;1-5H,6H2,(H2,10,15);1-4H;1-4H,(H2,9,11);1-5H;1,3H2,(H2,4,5);1H3;3H,2H2,1H3;1H2. The van der Waals surface area contributed by atoms with Crippen LogP contribution in [0.2, 0.25) is 0 Å². The van der Waals surface area contributed by atoms with Crippen LogP contribution in [0.15, 0.2) is 155 Å². The largest absolute Gasteiger partial charge is 0.412 e. The van der Waals surface area contributed by atoms with E-state index in [-0.39, 0.29) is 57.6 Å². The number of benzene rings is 6. The molecule has 0 radical (unpaired) electrons. The quantitative estimate of drug-likeness (QED) is 0.0131. The molecule has 2 saturated heterocycles. The lowest BCUT2D eigenvalue weighted by atomic mass is 10.2. The molecule has 12 rings (SSSR count). The van der Waals surface area contributed by atoms with Crippen LogP contribution >= 0.6 is 85.7 Å². The second-order valence-electron chi connectivity index (χ2n) is 19.6. The van der Waals surface area contributed by atoms with Crippen molar-refractivity contribution in [2.24, 2.45) is 22.2 Å². The first-order valence-electron chi connectivity index (χ1n) is 30.0. The van der Waals surface area contributed by atoms with Crippen LogP contribution in [0.25, 0.3) is 42.3 Å². The number of aliphatic hydroxyl groups excluding tert-OH is 1. The fourth-order valence-electron chi connectivity index (χ4n) is 7.95. The molecule has 558 valence electrons. The molecule has 2 fully saturated rings. The molecule has 0 aliphatic carbocycles. The number of aliphatic hydroxyl groups is 1. The summed E-state index contributed by atoms with van der Waals surface area (Å²) in [5.74, 6) is 0. The van der Waals surface area contributed by atoms with E-state index in [1.54, 1.807) is 103 Å². The topological polar surface area (TPSA) is 579 Å². The Kier molecular flexibility index (Phi) is 40.7. The first-order chi connectivity index (χ1) is 50.4. The van der Waals surface area contributed by atoms with Crippen LogP contribution < -0.4 is 38.5 Å². The number of hydrogen-bond acceptors (Lipinski definition) is 35. The summed E-state index contributed by atoms with van der Waals surface area (Å²) in [6.07, 6.45) is 1.87. The second kappa shape index (κ2) is 48.6. The van der Waals surface area contributed by atoms with Crippen molar-refractivity contribution < 1.29 is 49.5 Å². The van der Waals surface area contributed by atoms with Gasteiger partial charge >= 0.3 is 0 Å². The normalized spacial score (nSPS) is 11.5. The molecule has 6 heterocycles. The van der Waals surface area contributed by atoms with Gasteiger partial charge in [0.15, 0.2) is 30.2 Å². The lowest BCUT2D eigenvalue weighted by Crippen LogP contribution is -2.36. The zero-order valence-electron chi connectivity index (χ0n) is 55.9. The number of hydrogen-bond donors (Lipinski definition) is 6. The molecule has 0 spiro atoms. The van der Waals surface area contributed by atoms with Gasteiger partial charge in [0.05, 0.1) is 101 Å². The Labute approximate surface area is 638 Å². The average Bonchev–Trinajstić information content (AvgIpc) is 1.74. The van der Waals surface area contributed by atoms with E-state index < -0.39 is 24.6 Å². The van der Waals surface area contributed by atoms with Gasteiger partial charge in [-0.25, -0.2) is 0 Å². The minimum atomic E-state index is -0.580. The molecule has 10 aromatic rings. The SMILES string of the molecule is CC#N.CCO.NC(=S)CN=Cc1ccccc1[N+](=O)[O-].NCC(N)=S.Nc1ccccc1-c1nnc(N2CCOCC2)s1.Nc1nnc(-c2ccccc2[N+](=O)[O-])s1.O.O=Cc1ccccc1[N+](=O)[O-].O=[N+]([O-])c1ccccc1-c1nnc(Br)s1.O=[N+]([O-])c1ccccc1-c1nnc(N2CCOCC2)s1. The van der Waals surface area contributed by atoms with E-state index in [0.717, 1.165) is 77.3 Å². The molecule has 13 N–H and O–H groups in total. The summed E-state index contributed by atoms with van der Waals surface area (Å²) in [5, 5.41) is 104. The molecule has 0 bridgehead atoms. The molecule has 4 aromatic heterocycles. The highest BCUT2D eigenvalue weighted by molar-refractivity contribution is 9.11. The number of aromatic nitrogens is 8. The summed E-state index contributed by atoms with van der Waals surface area (Å²) in [6, 6.07) is 41.0. The number of aldehydes is 1. The zero-order chi connectivity index (χ0) is 77.2. The maximum absolute atomic E-state index is 11.0. The molecule has 2 aliphatic rings. The fourth-order valence-corrected chi connectivity index (χ4v) is 11.7. The van der Waals surface area contributed by atoms with Crippen molar-refractivity contribution in [3.8, 4) is 48.4 Å². The lowest BCUT2D eigenvalue weighted by molar-refractivity contribution is -0.385. The van der Waals surface area contributed by atoms with Gasteiger partial charge in [-0.1, -0.05) is 143 Å². The van der Waals surface area contributed by atoms with Crippen molar-refractivity contribution in [1.82, 2.24) is 40.8 Å². The Morgan fingerprint density at radius 2 is 0.877 bits per heavy atom. The predicted molar refractivity (Wildman–Crippen MR) is 418 cm³/mol. The van der Waals surface area contributed by atoms with Gasteiger partial charge in [-0.15, -0.1) is 40.8 Å². The smallest absolute Gasteiger partial charge is 0.279 e. The number of nitro benzene ring substituents is 5. The van der Waals surface area contributed by atoms with Crippen molar-refractivity contribution >= 4 is 158 Å². The summed E-state index contributed by atoms with van der Waals surface area (Å²) in [7, 11) is 0. The maximum atomic E-state index is 11.0. The maximum Gasteiger partial charge on any atom is 0.279 e. The van der Waals surface area contributed by atoms with Gasteiger partial charge in [0, 0.05) is 94.1 Å². The van der Waals surface area contributed by atoms with E-state index in [9.17, 15) is 55.4 Å². The summed E-state index contributed by atoms with van der Waals surface area (Å²) in [5.41, 5.74) is 30.1. The van der Waals surface area contributed by atoms with Crippen LogP contribution in [0.4, 0.5) is 49.5 Å². The third kappa shape index (κ3) is 30.2. The highest BCUT2D eigenvalue weighted by Gasteiger charge is 2.23. The van der Waals surface area contributed by atoms with Crippen molar-refractivity contribution in [3.63, 3.8) is 0 Å². The number of carbonyl (C=O) groups excluding carboxylic acids is 1. The van der Waals surface area contributed by atoms with E-state index in [4.69, 9.17) is 48.5 Å². The molecule has 106 heavy (non-hydrogen) atoms. The fraction of sp³-hybridized carbons (Fsp3) is 0.210. The highest BCUT2D eigenvalue weighted by Crippen LogP contribution is 2.37. The number of nitro groups is 5. The Bertz CT molecular complexity index is 4460. The number of morpholine rings is 2. The minimum Gasteiger partial charge on any atom is -0.412 e. The van der Waals surface area contributed by atoms with Gasteiger partial charge in [-0.05, 0) is 65.3 Å². The molecule has 0 atom stereocenters. The summed E-state index contributed by atoms with van der Waals surface area (Å²) in [4.78, 5) is 70.1. The van der Waals surface area contributed by atoms with Crippen LogP contribution in [0.5, 0.6) is 0 Å². The zero-order valence-corrected chi connectivity index (χ0v) is 62.3. The number of aliphatic imine (C=N–C) groups is 1. The first kappa shape index (κ1) is 88.9. The van der Waals surface area contributed by atoms with Crippen molar-refractivity contribution in [2.45, 2.75) is 13.8 Å². The molecule has 37 nitrogen and oxygen atoms in total. The van der Waals surface area contributed by atoms with Crippen LogP contribution in [0.1, 0.15) is 29.8 Å². The Morgan fingerprint density at radius 1 is 0.557 bits per heavy atom. The summed E-state index contributed by atoms with van der Waals surface area (Å²) >= 11 is 17.5. The molecule has 0 saturated carbocycles. The Hall–Kier alpha value is -11.4. The number of rotatable bonds is 16. The Morgan fingerprint density at radius 3 is 1.22 bits per heavy atom. The first-order valence-corrected chi connectivity index (χ1v) is 34.9. The van der Waals surface area contributed by atoms with E-state index in [0.29, 0.717) is 77.4 Å². The van der Waals surface area contributed by atoms with E-state index >= 15 is 0 Å². The number of anilines is 4. The van der Waals surface area contributed by atoms with Gasteiger partial charge in [-0.2, -0.15) is 5.26 Å². The molecular weight excluding hydrogens is 1570 g/mol. The number of nitriles is 1. The van der Waals surface area contributed by atoms with Gasteiger partial charge in [0.25, 0.3) is 28.4 Å². The number of halogens is 1. The van der Waals surface area contributed by atoms with E-state index in [1.165, 1.54) is 78.3 Å². The Balaban J connectivity index is 0.000000322. The van der Waals surface area contributed by atoms with Crippen molar-refractivity contribution in [3.05, 3.63) is 211 Å². The predicted octanol–water partition coefficient (Wildman–Crippen LogP) is 9.79. The number of nitrogen functional groups attached to an aromatic ring is 2. The van der Waals surface area contributed by atoms with Crippen LogP contribution in [0, 0.1) is 61.9 Å². The molecule has 0 amide bonds. The number of nitrogens with zero attached hydrogens (tertiary/aromatic N) is 17. The van der Waals surface area contributed by atoms with E-state index in [1.807, 2.05) is 24.3 Å². The summed E-state index contributed by atoms with van der Waals surface area (Å²) in [6.45, 7) is 10.00. The summed E-state index contributed by atoms with van der Waals surface area (Å²) < 4.78 is 11.2. The number of para-hydroxylation sites is 6. The number of nitrogens with two attached hydrogens (primary N) is 5. The number of thiocarbonyl (C=S) groups is 2. The van der Waals surface area contributed by atoms with Gasteiger partial charge in [0.1, 0.15) is 0 Å². The van der Waals surface area contributed by atoms with Gasteiger partial charge in [0.2, 0.25) is 15.4 Å². The number of carbonyl (C=O) groups is 1. The van der Waals surface area contributed by atoms with Crippen LogP contribution in [0.3, 0.4) is 0 Å². The van der Waals surface area contributed by atoms with E-state index in [2.05, 4.69) is 95.9 Å². The van der Waals surface area contributed by atoms with Gasteiger partial charge in [-0.3, -0.25) is 60.4 Å². The van der Waals surface area contributed by atoms with Crippen LogP contribution in [-0.4, -0.2) is 171 Å². The third-order valence-corrected chi connectivity index (χ3v) is 17.0. The minimum absolute atomic E-state index is 0. The molecule has 2 aliphatic heterocycles. The molecule has 44 heteroatoms. The third-order valence-electron chi connectivity index (χ3n) is 12.5. The molecular formula is C62H67BrN22O15S6. The number of ether oxygens (including phenoxy) is 2. The highest BCUT2D eigenvalue weighted by atomic mass is 79.9. The molecule has 6 aromatic carbocycles. The van der Waals surface area contributed by atoms with Crippen molar-refractivity contribution in [1.29, 1.82) is 5.26 Å². The second-order valence-corrected chi connectivity index (χ2v) is 25.8. The lowest BCUT2D eigenvalue weighted by Gasteiger charge is -2.25. The monoisotopic (exact) mass is 1630 g/mol.